The predicted octanol–water partition coefficient (Wildman–Crippen LogP) is 8.01. The fraction of sp³-hybridized carbons (Fsp3) is 0.0732. The van der Waals surface area contributed by atoms with E-state index < -0.39 is 0 Å². The van der Waals surface area contributed by atoms with Crippen LogP contribution in [-0.4, -0.2) is 9.97 Å². The smallest absolute Gasteiger partial charge is 0.151 e. The Kier molecular flexibility index (Phi) is 9.98. The van der Waals surface area contributed by atoms with Gasteiger partial charge in [0, 0.05) is 42.0 Å². The summed E-state index contributed by atoms with van der Waals surface area (Å²) in [6.07, 6.45) is 6.90. The Balaban J connectivity index is 1.30. The summed E-state index contributed by atoms with van der Waals surface area (Å²) in [5.41, 5.74) is 6.23. The molecule has 0 saturated carbocycles. The lowest BCUT2D eigenvalue weighted by Gasteiger charge is -2.15. The zero-order chi connectivity index (χ0) is 31.2. The number of hydrogen-bond acceptors (Lipinski definition) is 5. The summed E-state index contributed by atoms with van der Waals surface area (Å²) >= 11 is 0. The minimum Gasteiger partial charge on any atom is -0.489 e. The molecule has 0 aliphatic heterocycles. The standard InChI is InChI=1S/C41H30N2O3/c1-3-8-34(9-4-1)29-44-39-26-36(27-40(28-39)45-30-35-10-5-2-6-11-35)31-46-41-37(16-14-32-18-22-42-23-19-32)12-7-13-38(41)17-15-33-20-24-43-25-21-33/h1-13,18-28H,29-31H2. The van der Waals surface area contributed by atoms with Crippen molar-refractivity contribution in [2.45, 2.75) is 19.8 Å². The highest BCUT2D eigenvalue weighted by atomic mass is 16.5. The lowest BCUT2D eigenvalue weighted by atomic mass is 10.1. The summed E-state index contributed by atoms with van der Waals surface area (Å²) < 4.78 is 18.9. The van der Waals surface area contributed by atoms with E-state index >= 15 is 0 Å². The molecule has 0 saturated heterocycles. The van der Waals surface area contributed by atoms with Gasteiger partial charge >= 0.3 is 0 Å². The molecule has 5 nitrogen and oxygen atoms in total. The van der Waals surface area contributed by atoms with Gasteiger partial charge in [0.05, 0.1) is 11.1 Å². The highest BCUT2D eigenvalue weighted by Crippen LogP contribution is 2.28. The highest BCUT2D eigenvalue weighted by molar-refractivity contribution is 5.59. The van der Waals surface area contributed by atoms with Gasteiger partial charge in [0.1, 0.15) is 31.3 Å². The molecule has 0 aliphatic carbocycles. The number of ether oxygens (including phenoxy) is 3. The van der Waals surface area contributed by atoms with Crippen molar-refractivity contribution >= 4 is 0 Å². The van der Waals surface area contributed by atoms with Crippen molar-refractivity contribution in [2.75, 3.05) is 0 Å². The zero-order valence-corrected chi connectivity index (χ0v) is 25.1. The van der Waals surface area contributed by atoms with Crippen LogP contribution < -0.4 is 14.2 Å². The van der Waals surface area contributed by atoms with Crippen molar-refractivity contribution < 1.29 is 14.2 Å². The van der Waals surface area contributed by atoms with Gasteiger partial charge in [-0.3, -0.25) is 9.97 Å². The van der Waals surface area contributed by atoms with Gasteiger partial charge < -0.3 is 14.2 Å². The summed E-state index contributed by atoms with van der Waals surface area (Å²) in [6, 6.07) is 39.3. The largest absolute Gasteiger partial charge is 0.489 e. The van der Waals surface area contributed by atoms with Gasteiger partial charge in [-0.1, -0.05) is 90.4 Å². The van der Waals surface area contributed by atoms with E-state index in [1.165, 1.54) is 0 Å². The van der Waals surface area contributed by atoms with Gasteiger partial charge in [-0.15, -0.1) is 0 Å². The van der Waals surface area contributed by atoms with E-state index in [2.05, 4.69) is 33.6 Å². The molecule has 0 unspecified atom stereocenters. The summed E-state index contributed by atoms with van der Waals surface area (Å²) in [7, 11) is 0. The third-order valence-corrected chi connectivity index (χ3v) is 6.88. The fourth-order valence-electron chi connectivity index (χ4n) is 4.56. The Bertz CT molecular complexity index is 1850. The van der Waals surface area contributed by atoms with E-state index in [0.29, 0.717) is 30.5 Å². The Labute approximate surface area is 269 Å². The van der Waals surface area contributed by atoms with E-state index in [9.17, 15) is 0 Å². The van der Waals surface area contributed by atoms with Crippen LogP contribution in [0.2, 0.25) is 0 Å². The third-order valence-electron chi connectivity index (χ3n) is 6.88. The first-order chi connectivity index (χ1) is 22.8. The minimum absolute atomic E-state index is 0.252. The lowest BCUT2D eigenvalue weighted by molar-refractivity contribution is 0.281. The first-order valence-corrected chi connectivity index (χ1v) is 14.9. The molecule has 6 rings (SSSR count). The quantitative estimate of drug-likeness (QED) is 0.158. The molecule has 222 valence electrons. The predicted molar refractivity (Wildman–Crippen MR) is 179 cm³/mol. The van der Waals surface area contributed by atoms with Crippen LogP contribution in [0.15, 0.2) is 146 Å². The van der Waals surface area contributed by atoms with Crippen LogP contribution >= 0.6 is 0 Å². The van der Waals surface area contributed by atoms with Gasteiger partial charge in [0.2, 0.25) is 0 Å². The number of para-hydroxylation sites is 1. The second-order valence-corrected chi connectivity index (χ2v) is 10.3. The summed E-state index contributed by atoms with van der Waals surface area (Å²) in [5.74, 6) is 15.0. The molecule has 2 heterocycles. The maximum Gasteiger partial charge on any atom is 0.151 e. The van der Waals surface area contributed by atoms with Crippen molar-refractivity contribution in [2.24, 2.45) is 0 Å². The maximum atomic E-state index is 6.53. The van der Waals surface area contributed by atoms with Crippen molar-refractivity contribution in [3.63, 3.8) is 0 Å². The average molecular weight is 599 g/mol. The van der Waals surface area contributed by atoms with Crippen LogP contribution in [0.1, 0.15) is 38.9 Å². The number of hydrogen-bond donors (Lipinski definition) is 0. The second kappa shape index (κ2) is 15.4. The van der Waals surface area contributed by atoms with Crippen molar-refractivity contribution in [1.82, 2.24) is 9.97 Å². The topological polar surface area (TPSA) is 53.5 Å². The first-order valence-electron chi connectivity index (χ1n) is 14.9. The zero-order valence-electron chi connectivity index (χ0n) is 25.1. The number of pyridine rings is 2. The van der Waals surface area contributed by atoms with Gasteiger partial charge in [0.25, 0.3) is 0 Å². The van der Waals surface area contributed by atoms with Crippen LogP contribution in [-0.2, 0) is 19.8 Å². The molecule has 0 spiro atoms. The molecule has 2 aromatic heterocycles. The Morgan fingerprint density at radius 1 is 0.413 bits per heavy atom. The third kappa shape index (κ3) is 8.63. The molecule has 0 atom stereocenters. The molecular formula is C41H30N2O3. The Morgan fingerprint density at radius 2 is 0.870 bits per heavy atom. The molecule has 0 fully saturated rings. The highest BCUT2D eigenvalue weighted by Gasteiger charge is 2.11. The van der Waals surface area contributed by atoms with Crippen LogP contribution in [0.5, 0.6) is 17.2 Å². The van der Waals surface area contributed by atoms with E-state index in [1.807, 2.05) is 121 Å². The van der Waals surface area contributed by atoms with Gasteiger partial charge in [0.15, 0.2) is 5.75 Å². The SMILES string of the molecule is C(#Cc1cccc(C#Cc2ccncc2)c1OCc1cc(OCc2ccccc2)cc(OCc2ccccc2)c1)c1ccncc1. The minimum atomic E-state index is 0.252. The lowest BCUT2D eigenvalue weighted by Crippen LogP contribution is -2.03. The first kappa shape index (κ1) is 29.8. The molecular weight excluding hydrogens is 568 g/mol. The molecule has 0 amide bonds. The van der Waals surface area contributed by atoms with Gasteiger partial charge in [-0.2, -0.15) is 0 Å². The van der Waals surface area contributed by atoms with Crippen LogP contribution in [0.25, 0.3) is 0 Å². The van der Waals surface area contributed by atoms with E-state index in [-0.39, 0.29) is 6.61 Å². The molecule has 4 aromatic carbocycles. The molecule has 0 N–H and O–H groups in total. The van der Waals surface area contributed by atoms with Crippen LogP contribution in [0.4, 0.5) is 0 Å². The summed E-state index contributed by atoms with van der Waals surface area (Å²) in [6.45, 7) is 1.12. The average Bonchev–Trinajstić information content (AvgIpc) is 3.12. The normalized spacial score (nSPS) is 10.1. The van der Waals surface area contributed by atoms with E-state index in [0.717, 1.165) is 38.9 Å². The Morgan fingerprint density at radius 3 is 1.35 bits per heavy atom. The van der Waals surface area contributed by atoms with Crippen LogP contribution in [0, 0.1) is 23.7 Å². The second-order valence-electron chi connectivity index (χ2n) is 10.3. The molecule has 6 aromatic rings. The van der Waals surface area contributed by atoms with E-state index in [4.69, 9.17) is 14.2 Å². The molecule has 46 heavy (non-hydrogen) atoms. The number of aromatic nitrogens is 2. The molecule has 0 aliphatic rings. The molecule has 0 bridgehead atoms. The monoisotopic (exact) mass is 598 g/mol. The van der Waals surface area contributed by atoms with Crippen LogP contribution in [0.3, 0.4) is 0 Å². The summed E-state index contributed by atoms with van der Waals surface area (Å²) in [5, 5.41) is 0. The molecule has 0 radical (unpaired) electrons. The maximum absolute atomic E-state index is 6.53. The summed E-state index contributed by atoms with van der Waals surface area (Å²) in [4.78, 5) is 8.17. The fourth-order valence-corrected chi connectivity index (χ4v) is 4.56. The van der Waals surface area contributed by atoms with Crippen molar-refractivity contribution in [1.29, 1.82) is 0 Å². The van der Waals surface area contributed by atoms with E-state index in [1.54, 1.807) is 24.8 Å². The Hall–Kier alpha value is -6.30. The number of benzene rings is 4. The van der Waals surface area contributed by atoms with Gasteiger partial charge in [-0.05, 0) is 65.2 Å². The number of nitrogens with zero attached hydrogens (tertiary/aromatic N) is 2. The van der Waals surface area contributed by atoms with Gasteiger partial charge in [-0.25, -0.2) is 0 Å². The number of rotatable bonds is 9. The van der Waals surface area contributed by atoms with Crippen molar-refractivity contribution in [3.05, 3.63) is 185 Å². The molecule has 5 heteroatoms. The van der Waals surface area contributed by atoms with Crippen molar-refractivity contribution in [3.8, 4) is 40.9 Å².